The number of aromatic nitrogens is 2. The average molecular weight is 211 g/mol. The first-order valence-electron chi connectivity index (χ1n) is 3.93. The number of nitrogens with zero attached hydrogens (tertiary/aromatic N) is 1. The highest BCUT2D eigenvalue weighted by atomic mass is 35.5. The number of hydrogen-bond acceptors (Lipinski definition) is 3. The van der Waals surface area contributed by atoms with Crippen LogP contribution in [0.15, 0.2) is 18.5 Å². The van der Waals surface area contributed by atoms with Gasteiger partial charge in [0.15, 0.2) is 0 Å². The van der Waals surface area contributed by atoms with Crippen LogP contribution in [0, 0.1) is 0 Å². The van der Waals surface area contributed by atoms with Crippen LogP contribution in [0.25, 0.3) is 10.9 Å². The molecule has 0 amide bonds. The Hall–Kier alpha value is -1.55. The molecule has 2 heterocycles. The summed E-state index contributed by atoms with van der Waals surface area (Å²) in [7, 11) is 1.33. The Morgan fingerprint density at radius 3 is 3.00 bits per heavy atom. The first-order valence-corrected chi connectivity index (χ1v) is 4.30. The monoisotopic (exact) mass is 210 g/mol. The summed E-state index contributed by atoms with van der Waals surface area (Å²) in [5.41, 5.74) is 1.07. The van der Waals surface area contributed by atoms with Gasteiger partial charge in [0.25, 0.3) is 0 Å². The van der Waals surface area contributed by atoms with Crippen molar-refractivity contribution in [1.29, 1.82) is 0 Å². The fraction of sp³-hybridized carbons (Fsp3) is 0.111. The molecular formula is C9H7ClN2O2. The van der Waals surface area contributed by atoms with E-state index in [0.717, 1.165) is 5.39 Å². The van der Waals surface area contributed by atoms with Gasteiger partial charge in [-0.1, -0.05) is 11.6 Å². The molecule has 0 fully saturated rings. The maximum Gasteiger partial charge on any atom is 0.354 e. The van der Waals surface area contributed by atoms with Crippen LogP contribution < -0.4 is 0 Å². The number of carbonyl (C=O) groups is 1. The number of aromatic amines is 1. The lowest BCUT2D eigenvalue weighted by Crippen LogP contribution is -2.00. The lowest BCUT2D eigenvalue weighted by Gasteiger charge is -1.92. The largest absolute Gasteiger partial charge is 0.464 e. The summed E-state index contributed by atoms with van der Waals surface area (Å²) < 4.78 is 4.57. The molecule has 0 saturated heterocycles. The number of methoxy groups -OCH3 is 1. The second-order valence-corrected chi connectivity index (χ2v) is 3.17. The third-order valence-corrected chi connectivity index (χ3v) is 2.18. The number of hydrogen-bond donors (Lipinski definition) is 1. The zero-order chi connectivity index (χ0) is 10.1. The van der Waals surface area contributed by atoms with Gasteiger partial charge < -0.3 is 9.72 Å². The zero-order valence-electron chi connectivity index (χ0n) is 7.37. The summed E-state index contributed by atoms with van der Waals surface area (Å²) in [6.07, 6.45) is 3.14. The number of nitrogens with one attached hydrogen (secondary N) is 1. The number of H-pyrrole nitrogens is 1. The van der Waals surface area contributed by atoms with E-state index in [1.807, 2.05) is 0 Å². The predicted octanol–water partition coefficient (Wildman–Crippen LogP) is 2.00. The average Bonchev–Trinajstić information content (AvgIpc) is 2.62. The van der Waals surface area contributed by atoms with Gasteiger partial charge in [0.05, 0.1) is 17.6 Å². The molecule has 0 aliphatic carbocycles. The summed E-state index contributed by atoms with van der Waals surface area (Å²) in [6, 6.07) is 1.65. The summed E-state index contributed by atoms with van der Waals surface area (Å²) in [6.45, 7) is 0. The van der Waals surface area contributed by atoms with Crippen molar-refractivity contribution >= 4 is 28.5 Å². The van der Waals surface area contributed by atoms with Crippen LogP contribution in [0.5, 0.6) is 0 Å². The molecule has 0 aliphatic rings. The van der Waals surface area contributed by atoms with E-state index >= 15 is 0 Å². The van der Waals surface area contributed by atoms with Crippen molar-refractivity contribution in [3.63, 3.8) is 0 Å². The number of pyridine rings is 1. The van der Waals surface area contributed by atoms with Crippen LogP contribution in [0.2, 0.25) is 5.02 Å². The Bertz CT molecular complexity index is 493. The number of fused-ring (bicyclic) bond motifs is 1. The standard InChI is InChI=1S/C9H7ClN2O2/c1-14-9(13)7-2-5-3-11-4-6(10)8(5)12-7/h2-4,12H,1H3. The van der Waals surface area contributed by atoms with Crippen molar-refractivity contribution in [2.45, 2.75) is 0 Å². The van der Waals surface area contributed by atoms with Crippen LogP contribution in [-0.4, -0.2) is 23.0 Å². The Morgan fingerprint density at radius 2 is 2.36 bits per heavy atom. The lowest BCUT2D eigenvalue weighted by molar-refractivity contribution is 0.0595. The molecule has 0 atom stereocenters. The molecule has 2 aromatic rings. The molecule has 4 nitrogen and oxygen atoms in total. The van der Waals surface area contributed by atoms with Crippen molar-refractivity contribution in [1.82, 2.24) is 9.97 Å². The maximum atomic E-state index is 11.2. The van der Waals surface area contributed by atoms with Gasteiger partial charge in [0.2, 0.25) is 0 Å². The number of rotatable bonds is 1. The van der Waals surface area contributed by atoms with Gasteiger partial charge in [-0.05, 0) is 6.07 Å². The Labute approximate surface area is 84.9 Å². The molecule has 0 bridgehead atoms. The lowest BCUT2D eigenvalue weighted by atomic mass is 10.3. The molecule has 14 heavy (non-hydrogen) atoms. The van der Waals surface area contributed by atoms with Crippen molar-refractivity contribution in [2.24, 2.45) is 0 Å². The van der Waals surface area contributed by atoms with Gasteiger partial charge in [-0.15, -0.1) is 0 Å². The first-order chi connectivity index (χ1) is 6.72. The Balaban J connectivity index is 2.62. The van der Waals surface area contributed by atoms with Crippen LogP contribution >= 0.6 is 11.6 Å². The smallest absolute Gasteiger partial charge is 0.354 e. The van der Waals surface area contributed by atoms with E-state index in [1.54, 1.807) is 12.3 Å². The van der Waals surface area contributed by atoms with Crippen molar-refractivity contribution in [3.8, 4) is 0 Å². The van der Waals surface area contributed by atoms with Gasteiger partial charge in [0.1, 0.15) is 5.69 Å². The molecule has 72 valence electrons. The molecule has 0 spiro atoms. The molecule has 0 unspecified atom stereocenters. The van der Waals surface area contributed by atoms with Gasteiger partial charge in [-0.2, -0.15) is 0 Å². The summed E-state index contributed by atoms with van der Waals surface area (Å²) in [4.78, 5) is 18.0. The number of carbonyl (C=O) groups excluding carboxylic acids is 1. The van der Waals surface area contributed by atoms with Gasteiger partial charge >= 0.3 is 5.97 Å². The van der Waals surface area contributed by atoms with Gasteiger partial charge in [-0.25, -0.2) is 4.79 Å². The third kappa shape index (κ3) is 1.33. The molecule has 0 radical (unpaired) electrons. The SMILES string of the molecule is COC(=O)c1cc2cncc(Cl)c2[nH]1. The van der Waals surface area contributed by atoms with E-state index in [9.17, 15) is 4.79 Å². The molecule has 0 aromatic carbocycles. The highest BCUT2D eigenvalue weighted by Gasteiger charge is 2.10. The fourth-order valence-corrected chi connectivity index (χ4v) is 1.45. The Kier molecular flexibility index (Phi) is 2.13. The highest BCUT2D eigenvalue weighted by Crippen LogP contribution is 2.22. The zero-order valence-corrected chi connectivity index (χ0v) is 8.13. The van der Waals surface area contributed by atoms with Crippen LogP contribution in [0.3, 0.4) is 0 Å². The molecule has 1 N–H and O–H groups in total. The first kappa shape index (κ1) is 9.02. The summed E-state index contributed by atoms with van der Waals surface area (Å²) >= 11 is 5.87. The van der Waals surface area contributed by atoms with E-state index in [1.165, 1.54) is 13.3 Å². The minimum absolute atomic E-state index is 0.373. The highest BCUT2D eigenvalue weighted by molar-refractivity contribution is 6.35. The third-order valence-electron chi connectivity index (χ3n) is 1.89. The minimum Gasteiger partial charge on any atom is -0.464 e. The van der Waals surface area contributed by atoms with Crippen LogP contribution in [0.4, 0.5) is 0 Å². The maximum absolute atomic E-state index is 11.2. The molecule has 2 rings (SSSR count). The van der Waals surface area contributed by atoms with E-state index in [4.69, 9.17) is 11.6 Å². The topological polar surface area (TPSA) is 55.0 Å². The minimum atomic E-state index is -0.419. The van der Waals surface area contributed by atoms with E-state index < -0.39 is 5.97 Å². The van der Waals surface area contributed by atoms with E-state index in [2.05, 4.69) is 14.7 Å². The van der Waals surface area contributed by atoms with Gasteiger partial charge in [0, 0.05) is 17.8 Å². The Morgan fingerprint density at radius 1 is 1.57 bits per heavy atom. The molecule has 0 aliphatic heterocycles. The number of esters is 1. The van der Waals surface area contributed by atoms with Crippen molar-refractivity contribution in [2.75, 3.05) is 7.11 Å². The van der Waals surface area contributed by atoms with Crippen molar-refractivity contribution in [3.05, 3.63) is 29.2 Å². The fourth-order valence-electron chi connectivity index (χ4n) is 1.24. The van der Waals surface area contributed by atoms with E-state index in [-0.39, 0.29) is 0 Å². The van der Waals surface area contributed by atoms with E-state index in [0.29, 0.717) is 16.2 Å². The molecule has 2 aromatic heterocycles. The van der Waals surface area contributed by atoms with Gasteiger partial charge in [-0.3, -0.25) is 4.98 Å². The summed E-state index contributed by atoms with van der Waals surface area (Å²) in [5.74, 6) is -0.419. The summed E-state index contributed by atoms with van der Waals surface area (Å²) in [5, 5.41) is 1.27. The number of ether oxygens (including phenoxy) is 1. The normalized spacial score (nSPS) is 10.4. The van der Waals surface area contributed by atoms with Crippen LogP contribution in [0.1, 0.15) is 10.5 Å². The molecular weight excluding hydrogens is 204 g/mol. The second kappa shape index (κ2) is 3.31. The quantitative estimate of drug-likeness (QED) is 0.733. The van der Waals surface area contributed by atoms with Crippen molar-refractivity contribution < 1.29 is 9.53 Å². The number of halogens is 1. The predicted molar refractivity (Wildman–Crippen MR) is 52.4 cm³/mol. The molecule has 5 heteroatoms. The van der Waals surface area contributed by atoms with Crippen LogP contribution in [-0.2, 0) is 4.74 Å². The second-order valence-electron chi connectivity index (χ2n) is 2.76. The molecule has 0 saturated carbocycles.